The number of hydrogen-bond acceptors (Lipinski definition) is 4. The first kappa shape index (κ1) is 19.5. The van der Waals surface area contributed by atoms with E-state index in [4.69, 9.17) is 4.74 Å². The van der Waals surface area contributed by atoms with Crippen LogP contribution in [0.4, 0.5) is 0 Å². The van der Waals surface area contributed by atoms with Crippen molar-refractivity contribution in [1.29, 1.82) is 0 Å². The van der Waals surface area contributed by atoms with Crippen molar-refractivity contribution in [2.75, 3.05) is 32.8 Å². The summed E-state index contributed by atoms with van der Waals surface area (Å²) in [6.07, 6.45) is 1.51. The maximum absolute atomic E-state index is 13.2. The molecule has 2 aliphatic rings. The van der Waals surface area contributed by atoms with Crippen molar-refractivity contribution in [3.63, 3.8) is 0 Å². The number of phenolic OH excluding ortho intramolecular Hbond substituents is 1. The van der Waals surface area contributed by atoms with Crippen LogP contribution in [-0.2, 0) is 9.53 Å². The van der Waals surface area contributed by atoms with Crippen LogP contribution in [-0.4, -0.2) is 65.1 Å². The van der Waals surface area contributed by atoms with E-state index in [0.717, 1.165) is 24.0 Å². The number of likely N-dealkylation sites (tertiary alicyclic amines) is 1. The predicted octanol–water partition coefficient (Wildman–Crippen LogP) is 2.91. The monoisotopic (exact) mass is 394 g/mol. The molecule has 2 heterocycles. The Hall–Kier alpha value is -2.86. The fourth-order valence-corrected chi connectivity index (χ4v) is 4.22. The third-order valence-corrected chi connectivity index (χ3v) is 5.97. The number of aromatic hydroxyl groups is 1. The predicted molar refractivity (Wildman–Crippen MR) is 110 cm³/mol. The molecule has 29 heavy (non-hydrogen) atoms. The fraction of sp³-hybridized carbons (Fsp3) is 0.391. The van der Waals surface area contributed by atoms with Crippen LogP contribution in [0, 0.1) is 0 Å². The number of ether oxygens (including phenoxy) is 1. The van der Waals surface area contributed by atoms with Crippen molar-refractivity contribution < 1.29 is 19.4 Å². The number of benzene rings is 2. The van der Waals surface area contributed by atoms with E-state index >= 15 is 0 Å². The molecule has 2 aromatic carbocycles. The molecule has 0 aromatic heterocycles. The van der Waals surface area contributed by atoms with Gasteiger partial charge < -0.3 is 19.6 Å². The zero-order valence-electron chi connectivity index (χ0n) is 16.6. The number of carbonyl (C=O) groups is 2. The quantitative estimate of drug-likeness (QED) is 0.850. The molecule has 1 spiro atoms. The van der Waals surface area contributed by atoms with Gasteiger partial charge in [-0.1, -0.05) is 24.3 Å². The number of piperidine rings is 1. The third-order valence-electron chi connectivity index (χ3n) is 5.97. The standard InChI is InChI=1S/C23H26N2O4/c1-17(26)24-11-9-23(10-12-24)16-25(13-14-29-23)22(28)20-4-2-3-19(15-20)18-5-7-21(27)8-6-18/h2-8,15,27H,9-14,16H2,1H3. The van der Waals surface area contributed by atoms with E-state index in [1.807, 2.05) is 46.2 Å². The Morgan fingerprint density at radius 3 is 2.38 bits per heavy atom. The van der Waals surface area contributed by atoms with Gasteiger partial charge in [0, 0.05) is 32.1 Å². The highest BCUT2D eigenvalue weighted by molar-refractivity contribution is 5.95. The van der Waals surface area contributed by atoms with Crippen LogP contribution < -0.4 is 0 Å². The molecule has 2 amide bonds. The lowest BCUT2D eigenvalue weighted by molar-refractivity contribution is -0.145. The van der Waals surface area contributed by atoms with Crippen molar-refractivity contribution >= 4 is 11.8 Å². The molecular formula is C23H26N2O4. The molecule has 6 nitrogen and oxygen atoms in total. The average molecular weight is 394 g/mol. The minimum absolute atomic E-state index is 0.00213. The molecule has 2 aliphatic heterocycles. The topological polar surface area (TPSA) is 70.1 Å². The Labute approximate surface area is 170 Å². The number of hydrogen-bond donors (Lipinski definition) is 1. The van der Waals surface area contributed by atoms with E-state index in [1.165, 1.54) is 0 Å². The van der Waals surface area contributed by atoms with Crippen LogP contribution in [0.15, 0.2) is 48.5 Å². The van der Waals surface area contributed by atoms with Gasteiger partial charge in [-0.3, -0.25) is 9.59 Å². The van der Waals surface area contributed by atoms with Gasteiger partial charge in [0.2, 0.25) is 5.91 Å². The molecule has 0 radical (unpaired) electrons. The van der Waals surface area contributed by atoms with Gasteiger partial charge in [-0.05, 0) is 48.2 Å². The number of phenols is 1. The second kappa shape index (κ2) is 7.87. The van der Waals surface area contributed by atoms with E-state index < -0.39 is 0 Å². The number of rotatable bonds is 2. The molecule has 2 fully saturated rings. The lowest BCUT2D eigenvalue weighted by Gasteiger charge is -2.47. The Morgan fingerprint density at radius 2 is 1.69 bits per heavy atom. The highest BCUT2D eigenvalue weighted by atomic mass is 16.5. The summed E-state index contributed by atoms with van der Waals surface area (Å²) in [5, 5.41) is 9.49. The molecule has 0 unspecified atom stereocenters. The largest absolute Gasteiger partial charge is 0.508 e. The Morgan fingerprint density at radius 1 is 0.966 bits per heavy atom. The van der Waals surface area contributed by atoms with E-state index in [1.54, 1.807) is 19.1 Å². The molecule has 2 saturated heterocycles. The Bertz CT molecular complexity index is 901. The van der Waals surface area contributed by atoms with Gasteiger partial charge in [-0.25, -0.2) is 0 Å². The first-order valence-corrected chi connectivity index (χ1v) is 10.0. The second-order valence-corrected chi connectivity index (χ2v) is 7.89. The van der Waals surface area contributed by atoms with Crippen LogP contribution in [0.5, 0.6) is 5.75 Å². The summed E-state index contributed by atoms with van der Waals surface area (Å²) >= 11 is 0. The van der Waals surface area contributed by atoms with Crippen molar-refractivity contribution in [3.8, 4) is 16.9 Å². The summed E-state index contributed by atoms with van der Waals surface area (Å²) in [6.45, 7) is 4.59. The number of nitrogens with zero attached hydrogens (tertiary/aromatic N) is 2. The fourth-order valence-electron chi connectivity index (χ4n) is 4.22. The van der Waals surface area contributed by atoms with Crippen molar-refractivity contribution in [2.24, 2.45) is 0 Å². The van der Waals surface area contributed by atoms with Crippen molar-refractivity contribution in [1.82, 2.24) is 9.80 Å². The van der Waals surface area contributed by atoms with Gasteiger partial charge in [-0.15, -0.1) is 0 Å². The van der Waals surface area contributed by atoms with E-state index in [0.29, 0.717) is 38.3 Å². The van der Waals surface area contributed by atoms with Gasteiger partial charge in [0.25, 0.3) is 5.91 Å². The van der Waals surface area contributed by atoms with Gasteiger partial charge in [0.1, 0.15) is 5.75 Å². The van der Waals surface area contributed by atoms with Crippen LogP contribution in [0.3, 0.4) is 0 Å². The van der Waals surface area contributed by atoms with Crippen LogP contribution in [0.25, 0.3) is 11.1 Å². The average Bonchev–Trinajstić information content (AvgIpc) is 2.74. The smallest absolute Gasteiger partial charge is 0.254 e. The van der Waals surface area contributed by atoms with E-state index in [2.05, 4.69) is 0 Å². The zero-order chi connectivity index (χ0) is 20.4. The van der Waals surface area contributed by atoms with Gasteiger partial charge in [-0.2, -0.15) is 0 Å². The number of carbonyl (C=O) groups excluding carboxylic acids is 2. The highest BCUT2D eigenvalue weighted by Gasteiger charge is 2.41. The maximum atomic E-state index is 13.2. The third kappa shape index (κ3) is 4.12. The molecule has 0 saturated carbocycles. The van der Waals surface area contributed by atoms with Crippen LogP contribution in [0.2, 0.25) is 0 Å². The molecule has 6 heteroatoms. The first-order chi connectivity index (χ1) is 14.0. The molecule has 152 valence electrons. The van der Waals surface area contributed by atoms with Gasteiger partial charge >= 0.3 is 0 Å². The van der Waals surface area contributed by atoms with Crippen molar-refractivity contribution in [2.45, 2.75) is 25.4 Å². The summed E-state index contributed by atoms with van der Waals surface area (Å²) < 4.78 is 6.10. The zero-order valence-corrected chi connectivity index (χ0v) is 16.6. The molecule has 2 aromatic rings. The Balaban J connectivity index is 1.49. The minimum atomic E-state index is -0.353. The second-order valence-electron chi connectivity index (χ2n) is 7.89. The van der Waals surface area contributed by atoms with E-state index in [-0.39, 0.29) is 23.2 Å². The van der Waals surface area contributed by atoms with E-state index in [9.17, 15) is 14.7 Å². The molecule has 0 atom stereocenters. The van der Waals surface area contributed by atoms with Crippen LogP contribution in [0.1, 0.15) is 30.1 Å². The van der Waals surface area contributed by atoms with Gasteiger partial charge in [0.05, 0.1) is 18.8 Å². The summed E-state index contributed by atoms with van der Waals surface area (Å²) in [5.74, 6) is 0.312. The first-order valence-electron chi connectivity index (χ1n) is 10.0. The summed E-state index contributed by atoms with van der Waals surface area (Å²) in [6, 6.07) is 14.5. The number of morpholine rings is 1. The lowest BCUT2D eigenvalue weighted by atomic mass is 9.89. The highest BCUT2D eigenvalue weighted by Crippen LogP contribution is 2.31. The Kier molecular flexibility index (Phi) is 5.28. The molecule has 1 N–H and O–H groups in total. The molecule has 0 bridgehead atoms. The van der Waals surface area contributed by atoms with Gasteiger partial charge in [0.15, 0.2) is 0 Å². The molecular weight excluding hydrogens is 368 g/mol. The number of amides is 2. The normalized spacial score (nSPS) is 18.7. The lowest BCUT2D eigenvalue weighted by Crippen LogP contribution is -2.58. The maximum Gasteiger partial charge on any atom is 0.254 e. The summed E-state index contributed by atoms with van der Waals surface area (Å²) in [4.78, 5) is 28.5. The minimum Gasteiger partial charge on any atom is -0.508 e. The summed E-state index contributed by atoms with van der Waals surface area (Å²) in [5.41, 5.74) is 2.18. The van der Waals surface area contributed by atoms with Crippen LogP contribution >= 0.6 is 0 Å². The SMILES string of the molecule is CC(=O)N1CCC2(CC1)CN(C(=O)c1cccc(-c3ccc(O)cc3)c1)CCO2. The molecule has 0 aliphatic carbocycles. The van der Waals surface area contributed by atoms with Crippen molar-refractivity contribution in [3.05, 3.63) is 54.1 Å². The summed E-state index contributed by atoms with van der Waals surface area (Å²) in [7, 11) is 0. The molecule has 4 rings (SSSR count).